The van der Waals surface area contributed by atoms with Gasteiger partial charge in [-0.15, -0.1) is 0 Å². The molecule has 0 aliphatic carbocycles. The summed E-state index contributed by atoms with van der Waals surface area (Å²) in [4.78, 5) is 42.3. The number of rotatable bonds is 7. The van der Waals surface area contributed by atoms with E-state index in [1.54, 1.807) is 11.1 Å². The Hall–Kier alpha value is -3.61. The number of likely N-dealkylation sites (tertiary alicyclic amines) is 1. The smallest absolute Gasteiger partial charge is 0.326 e. The molecule has 4 rings (SSSR count). The molecule has 0 bridgehead atoms. The number of carboxylic acids is 1. The van der Waals surface area contributed by atoms with Gasteiger partial charge >= 0.3 is 5.97 Å². The number of carboxylic acid groups (broad SMARTS) is 1. The van der Waals surface area contributed by atoms with Crippen molar-refractivity contribution >= 4 is 28.7 Å². The molecule has 0 saturated carbocycles. The van der Waals surface area contributed by atoms with Gasteiger partial charge in [0.25, 0.3) is 0 Å². The number of H-pyrrole nitrogens is 1. The van der Waals surface area contributed by atoms with Crippen LogP contribution in [0, 0.1) is 5.92 Å². The van der Waals surface area contributed by atoms with E-state index in [1.165, 1.54) is 0 Å². The molecule has 0 radical (unpaired) electrons. The summed E-state index contributed by atoms with van der Waals surface area (Å²) in [7, 11) is 0. The van der Waals surface area contributed by atoms with Crippen molar-refractivity contribution in [3.63, 3.8) is 0 Å². The highest BCUT2D eigenvalue weighted by atomic mass is 16.4. The number of hydrogen-bond acceptors (Lipinski definition) is 3. The summed E-state index contributed by atoms with van der Waals surface area (Å²) in [5, 5.41) is 13.4. The Bertz CT molecular complexity index is 1110. The molecule has 3 aromatic rings. The number of piperidine rings is 1. The minimum atomic E-state index is -1.07. The minimum absolute atomic E-state index is 0.0118. The zero-order valence-corrected chi connectivity index (χ0v) is 17.8. The van der Waals surface area contributed by atoms with Gasteiger partial charge in [-0.3, -0.25) is 9.59 Å². The molecule has 1 fully saturated rings. The van der Waals surface area contributed by atoms with Crippen LogP contribution < -0.4 is 5.32 Å². The lowest BCUT2D eigenvalue weighted by atomic mass is 9.95. The number of carbonyl (C=O) groups excluding carboxylic acids is 2. The number of nitrogens with zero attached hydrogens (tertiary/aromatic N) is 1. The second-order valence-corrected chi connectivity index (χ2v) is 8.30. The SMILES string of the molecule is O=C(NC(Cc1c[nH]c2ccccc12)C(=O)O)C1CCCN(C(=O)Cc2ccccc2)C1. The van der Waals surface area contributed by atoms with Gasteiger partial charge in [-0.1, -0.05) is 48.5 Å². The van der Waals surface area contributed by atoms with Gasteiger partial charge in [-0.2, -0.15) is 0 Å². The number of aromatic nitrogens is 1. The topological polar surface area (TPSA) is 102 Å². The summed E-state index contributed by atoms with van der Waals surface area (Å²) in [6.45, 7) is 0.935. The molecule has 7 heteroatoms. The molecule has 2 amide bonds. The summed E-state index contributed by atoms with van der Waals surface area (Å²) in [6.07, 6.45) is 3.64. The van der Waals surface area contributed by atoms with E-state index in [-0.39, 0.29) is 18.2 Å². The summed E-state index contributed by atoms with van der Waals surface area (Å²) in [5.74, 6) is -1.80. The zero-order chi connectivity index (χ0) is 22.5. The molecule has 2 atom stereocenters. The molecule has 166 valence electrons. The lowest BCUT2D eigenvalue weighted by Gasteiger charge is -2.32. The highest BCUT2D eigenvalue weighted by Crippen LogP contribution is 2.21. The maximum Gasteiger partial charge on any atom is 0.326 e. The molecule has 3 N–H and O–H groups in total. The van der Waals surface area contributed by atoms with Gasteiger partial charge in [0.05, 0.1) is 12.3 Å². The first-order valence-electron chi connectivity index (χ1n) is 10.9. The molecule has 1 saturated heterocycles. The van der Waals surface area contributed by atoms with Crippen molar-refractivity contribution in [3.8, 4) is 0 Å². The fourth-order valence-corrected chi connectivity index (χ4v) is 4.31. The second-order valence-electron chi connectivity index (χ2n) is 8.30. The van der Waals surface area contributed by atoms with E-state index in [1.807, 2.05) is 54.6 Å². The van der Waals surface area contributed by atoms with Crippen molar-refractivity contribution < 1.29 is 19.5 Å². The quantitative estimate of drug-likeness (QED) is 0.533. The fraction of sp³-hybridized carbons (Fsp3) is 0.320. The van der Waals surface area contributed by atoms with Crippen LogP contribution in [0.5, 0.6) is 0 Å². The summed E-state index contributed by atoms with van der Waals surface area (Å²) in [5.41, 5.74) is 2.71. The molecular formula is C25H27N3O4. The molecule has 2 unspecified atom stereocenters. The third kappa shape index (κ3) is 4.99. The standard InChI is InChI=1S/C25H27N3O4/c29-23(13-17-7-2-1-3-8-17)28-12-6-9-18(16-28)24(30)27-22(25(31)32)14-19-15-26-21-11-5-4-10-20(19)21/h1-5,7-8,10-11,15,18,22,26H,6,9,12-14,16H2,(H,27,30)(H,31,32). The number of amides is 2. The number of fused-ring (bicyclic) bond motifs is 1. The van der Waals surface area contributed by atoms with Gasteiger partial charge in [-0.25, -0.2) is 4.79 Å². The number of hydrogen-bond donors (Lipinski definition) is 3. The molecule has 1 aliphatic heterocycles. The second kappa shape index (κ2) is 9.68. The van der Waals surface area contributed by atoms with Crippen LogP contribution >= 0.6 is 0 Å². The Morgan fingerprint density at radius 3 is 2.62 bits per heavy atom. The van der Waals surface area contributed by atoms with Crippen molar-refractivity contribution in [2.75, 3.05) is 13.1 Å². The van der Waals surface area contributed by atoms with Crippen LogP contribution in [0.15, 0.2) is 60.8 Å². The Kier molecular flexibility index (Phi) is 6.54. The minimum Gasteiger partial charge on any atom is -0.480 e. The molecule has 7 nitrogen and oxygen atoms in total. The van der Waals surface area contributed by atoms with Crippen molar-refractivity contribution in [2.45, 2.75) is 31.7 Å². The third-order valence-corrected chi connectivity index (χ3v) is 6.06. The summed E-state index contributed by atoms with van der Waals surface area (Å²) in [6, 6.07) is 16.2. The predicted octanol–water partition coefficient (Wildman–Crippen LogP) is 2.76. The molecule has 32 heavy (non-hydrogen) atoms. The van der Waals surface area contributed by atoms with Crippen LogP contribution in [0.4, 0.5) is 0 Å². The third-order valence-electron chi connectivity index (χ3n) is 6.06. The van der Waals surface area contributed by atoms with E-state index in [0.717, 1.165) is 28.5 Å². The number of para-hydroxylation sites is 1. The Morgan fingerprint density at radius 2 is 1.84 bits per heavy atom. The van der Waals surface area contributed by atoms with E-state index < -0.39 is 17.9 Å². The van der Waals surface area contributed by atoms with Gasteiger partial charge in [-0.05, 0) is 30.0 Å². The number of carbonyl (C=O) groups is 3. The molecule has 1 aromatic heterocycles. The van der Waals surface area contributed by atoms with Crippen LogP contribution in [0.25, 0.3) is 10.9 Å². The van der Waals surface area contributed by atoms with Gasteiger partial charge < -0.3 is 20.3 Å². The first kappa shape index (κ1) is 21.6. The lowest BCUT2D eigenvalue weighted by molar-refractivity contribution is -0.143. The lowest BCUT2D eigenvalue weighted by Crippen LogP contribution is -2.50. The zero-order valence-electron chi connectivity index (χ0n) is 17.8. The van der Waals surface area contributed by atoms with Crippen LogP contribution in [-0.2, 0) is 27.2 Å². The molecule has 2 heterocycles. The van der Waals surface area contributed by atoms with E-state index in [0.29, 0.717) is 25.9 Å². The molecule has 0 spiro atoms. The number of aromatic amines is 1. The first-order chi connectivity index (χ1) is 15.5. The van der Waals surface area contributed by atoms with Crippen molar-refractivity contribution in [1.29, 1.82) is 0 Å². The Balaban J connectivity index is 1.38. The Morgan fingerprint density at radius 1 is 1.09 bits per heavy atom. The average Bonchev–Trinajstić information content (AvgIpc) is 3.22. The van der Waals surface area contributed by atoms with E-state index in [9.17, 15) is 19.5 Å². The highest BCUT2D eigenvalue weighted by Gasteiger charge is 2.31. The maximum absolute atomic E-state index is 12.9. The predicted molar refractivity (Wildman–Crippen MR) is 121 cm³/mol. The number of aliphatic carboxylic acids is 1. The van der Waals surface area contributed by atoms with Crippen molar-refractivity contribution in [2.24, 2.45) is 5.92 Å². The van der Waals surface area contributed by atoms with E-state index >= 15 is 0 Å². The number of benzene rings is 2. The van der Waals surface area contributed by atoms with Crippen LogP contribution in [-0.4, -0.2) is 51.9 Å². The van der Waals surface area contributed by atoms with Gasteiger partial charge in [0.1, 0.15) is 6.04 Å². The number of nitrogens with one attached hydrogen (secondary N) is 2. The largest absolute Gasteiger partial charge is 0.480 e. The van der Waals surface area contributed by atoms with Gasteiger partial charge in [0.15, 0.2) is 0 Å². The average molecular weight is 434 g/mol. The van der Waals surface area contributed by atoms with Crippen molar-refractivity contribution in [3.05, 3.63) is 71.9 Å². The van der Waals surface area contributed by atoms with Gasteiger partial charge in [0, 0.05) is 36.6 Å². The fourth-order valence-electron chi connectivity index (χ4n) is 4.31. The first-order valence-corrected chi connectivity index (χ1v) is 10.9. The molecule has 2 aromatic carbocycles. The van der Waals surface area contributed by atoms with E-state index in [4.69, 9.17) is 0 Å². The maximum atomic E-state index is 12.9. The monoisotopic (exact) mass is 433 g/mol. The van der Waals surface area contributed by atoms with Crippen LogP contribution in [0.2, 0.25) is 0 Å². The van der Waals surface area contributed by atoms with Crippen LogP contribution in [0.1, 0.15) is 24.0 Å². The Labute approximate surface area is 186 Å². The molecular weight excluding hydrogens is 406 g/mol. The van der Waals surface area contributed by atoms with E-state index in [2.05, 4.69) is 10.3 Å². The van der Waals surface area contributed by atoms with Crippen LogP contribution in [0.3, 0.4) is 0 Å². The highest BCUT2D eigenvalue weighted by molar-refractivity contribution is 5.88. The summed E-state index contributed by atoms with van der Waals surface area (Å²) < 4.78 is 0. The van der Waals surface area contributed by atoms with Gasteiger partial charge in [0.2, 0.25) is 11.8 Å². The molecule has 1 aliphatic rings. The van der Waals surface area contributed by atoms with Crippen molar-refractivity contribution in [1.82, 2.24) is 15.2 Å². The summed E-state index contributed by atoms with van der Waals surface area (Å²) >= 11 is 0. The normalized spacial score (nSPS) is 17.1.